The van der Waals surface area contributed by atoms with E-state index in [0.717, 1.165) is 45.2 Å². The normalized spacial score (nSPS) is 37.0. The van der Waals surface area contributed by atoms with Crippen molar-refractivity contribution in [2.24, 2.45) is 5.73 Å². The summed E-state index contributed by atoms with van der Waals surface area (Å²) in [6.45, 7) is 5.86. The molecule has 0 unspecified atom stereocenters. The first-order valence-electron chi connectivity index (χ1n) is 5.33. The van der Waals surface area contributed by atoms with Crippen LogP contribution in [0.15, 0.2) is 0 Å². The molecule has 7 heteroatoms. The predicted molar refractivity (Wildman–Crippen MR) is 61.6 cm³/mol. The van der Waals surface area contributed by atoms with E-state index < -0.39 is 13.1 Å². The Morgan fingerprint density at radius 2 is 1.60 bits per heavy atom. The van der Waals surface area contributed by atoms with Gasteiger partial charge in [0.2, 0.25) is 0 Å². The Kier molecular flexibility index (Phi) is 4.74. The first-order valence-corrected chi connectivity index (χ1v) is 11.5. The molecule has 0 aromatic heterocycles. The summed E-state index contributed by atoms with van der Waals surface area (Å²) in [6, 6.07) is 0. The quantitative estimate of drug-likeness (QED) is 0.708. The van der Waals surface area contributed by atoms with E-state index in [1.54, 1.807) is 10.1 Å². The third-order valence-corrected chi connectivity index (χ3v) is 12.1. The average Bonchev–Trinajstić information content (AvgIpc) is 2.14. The molecule has 15 heavy (non-hydrogen) atoms. The second-order valence-electron chi connectivity index (χ2n) is 3.52. The summed E-state index contributed by atoms with van der Waals surface area (Å²) in [7, 11) is 1.69. The van der Waals surface area contributed by atoms with Gasteiger partial charge >= 0.3 is 96.9 Å². The summed E-state index contributed by atoms with van der Waals surface area (Å²) in [4.78, 5) is 2.32. The van der Waals surface area contributed by atoms with Gasteiger partial charge in [0.25, 0.3) is 0 Å². The van der Waals surface area contributed by atoms with Crippen molar-refractivity contribution < 1.29 is 11.3 Å². The SMILES string of the molecule is NCC[S][Ge]12[O]CCN(CC[O]1)CC[O]2. The molecular weight excluding hydrogens is 277 g/mol. The Bertz CT molecular complexity index is 178. The molecule has 0 atom stereocenters. The van der Waals surface area contributed by atoms with E-state index in [9.17, 15) is 0 Å². The summed E-state index contributed by atoms with van der Waals surface area (Å²) in [6.07, 6.45) is 0. The van der Waals surface area contributed by atoms with Crippen molar-refractivity contribution in [3.63, 3.8) is 0 Å². The van der Waals surface area contributed by atoms with Gasteiger partial charge in [0.05, 0.1) is 0 Å². The van der Waals surface area contributed by atoms with Gasteiger partial charge in [-0.05, 0) is 0 Å². The molecule has 0 radical (unpaired) electrons. The minimum atomic E-state index is -2.98. The van der Waals surface area contributed by atoms with Crippen LogP contribution in [0.25, 0.3) is 0 Å². The van der Waals surface area contributed by atoms with Gasteiger partial charge in [0.1, 0.15) is 0 Å². The average molecular weight is 295 g/mol. The van der Waals surface area contributed by atoms with E-state index >= 15 is 0 Å². The zero-order chi connectivity index (χ0) is 10.6. The Hall–Kier alpha value is 0.693. The molecule has 0 spiro atoms. The van der Waals surface area contributed by atoms with Gasteiger partial charge in [-0.3, -0.25) is 0 Å². The Morgan fingerprint density at radius 1 is 1.07 bits per heavy atom. The standard InChI is InChI=1S/C8H18GeN2O3S/c10-1-8-15-9-12-5-2-11(3-6-13-9)4-7-14-9/h1-8,10H2. The van der Waals surface area contributed by atoms with Crippen LogP contribution in [0.2, 0.25) is 0 Å². The molecule has 88 valence electrons. The molecule has 3 fully saturated rings. The monoisotopic (exact) mass is 296 g/mol. The minimum absolute atomic E-state index is 0.653. The molecule has 5 nitrogen and oxygen atoms in total. The van der Waals surface area contributed by atoms with Crippen molar-refractivity contribution in [1.29, 1.82) is 0 Å². The van der Waals surface area contributed by atoms with Crippen molar-refractivity contribution in [2.75, 3.05) is 51.8 Å². The van der Waals surface area contributed by atoms with Crippen LogP contribution in [0.3, 0.4) is 0 Å². The van der Waals surface area contributed by atoms with Crippen LogP contribution in [0.1, 0.15) is 0 Å². The molecule has 3 aliphatic heterocycles. The number of hydrogen-bond acceptors (Lipinski definition) is 6. The van der Waals surface area contributed by atoms with E-state index in [2.05, 4.69) is 4.90 Å². The fourth-order valence-corrected chi connectivity index (χ4v) is 10.1. The van der Waals surface area contributed by atoms with E-state index in [-0.39, 0.29) is 0 Å². The fourth-order valence-electron chi connectivity index (χ4n) is 1.67. The van der Waals surface area contributed by atoms with Gasteiger partial charge < -0.3 is 0 Å². The molecule has 0 aliphatic carbocycles. The molecule has 3 rings (SSSR count). The number of nitrogens with two attached hydrogens (primary N) is 1. The molecule has 2 bridgehead atoms. The van der Waals surface area contributed by atoms with Crippen LogP contribution in [0.5, 0.6) is 0 Å². The fraction of sp³-hybridized carbons (Fsp3) is 1.00. The molecule has 3 aliphatic rings. The maximum absolute atomic E-state index is 5.85. The molecule has 3 saturated heterocycles. The Labute approximate surface area is 97.0 Å². The van der Waals surface area contributed by atoms with E-state index in [1.165, 1.54) is 0 Å². The maximum atomic E-state index is 5.85. The molecule has 0 aromatic carbocycles. The molecule has 3 heterocycles. The Balaban J connectivity index is 1.98. The second-order valence-corrected chi connectivity index (χ2v) is 12.6. The summed E-state index contributed by atoms with van der Waals surface area (Å²) in [5, 5.41) is 0. The van der Waals surface area contributed by atoms with Crippen LogP contribution in [-0.4, -0.2) is 69.8 Å². The van der Waals surface area contributed by atoms with E-state index in [0.29, 0.717) is 6.54 Å². The molecular formula is C8H18GeN2O3S. The van der Waals surface area contributed by atoms with Gasteiger partial charge in [0.15, 0.2) is 0 Å². The van der Waals surface area contributed by atoms with Gasteiger partial charge in [-0.25, -0.2) is 0 Å². The van der Waals surface area contributed by atoms with Crippen LogP contribution in [0.4, 0.5) is 0 Å². The number of nitrogens with zero attached hydrogens (tertiary/aromatic N) is 1. The molecule has 0 aromatic rings. The molecule has 0 saturated carbocycles. The number of hydrogen-bond donors (Lipinski definition) is 1. The molecule has 2 N–H and O–H groups in total. The summed E-state index contributed by atoms with van der Waals surface area (Å²) in [5.41, 5.74) is 5.51. The van der Waals surface area contributed by atoms with Gasteiger partial charge in [-0.15, -0.1) is 0 Å². The van der Waals surface area contributed by atoms with E-state index in [1.807, 2.05) is 0 Å². The number of fused-ring (bicyclic) bond motifs is 6. The summed E-state index contributed by atoms with van der Waals surface area (Å²) >= 11 is -2.98. The topological polar surface area (TPSA) is 57.0 Å². The van der Waals surface area contributed by atoms with Gasteiger partial charge in [-0.2, -0.15) is 0 Å². The van der Waals surface area contributed by atoms with Crippen LogP contribution in [-0.2, 0) is 11.3 Å². The first-order chi connectivity index (χ1) is 7.35. The Morgan fingerprint density at radius 3 is 2.07 bits per heavy atom. The van der Waals surface area contributed by atoms with Crippen molar-refractivity contribution in [1.82, 2.24) is 4.90 Å². The van der Waals surface area contributed by atoms with Crippen LogP contribution in [0, 0.1) is 0 Å². The second kappa shape index (κ2) is 5.85. The third-order valence-electron chi connectivity index (χ3n) is 2.46. The van der Waals surface area contributed by atoms with Gasteiger partial charge in [0, 0.05) is 0 Å². The molecule has 0 amide bonds. The van der Waals surface area contributed by atoms with Crippen LogP contribution < -0.4 is 5.73 Å². The van der Waals surface area contributed by atoms with Gasteiger partial charge in [-0.1, -0.05) is 0 Å². The summed E-state index contributed by atoms with van der Waals surface area (Å²) < 4.78 is 17.6. The zero-order valence-corrected chi connectivity index (χ0v) is 11.7. The zero-order valence-electron chi connectivity index (χ0n) is 8.81. The van der Waals surface area contributed by atoms with Crippen molar-refractivity contribution in [3.05, 3.63) is 0 Å². The van der Waals surface area contributed by atoms with Crippen molar-refractivity contribution >= 4 is 23.2 Å². The van der Waals surface area contributed by atoms with Crippen LogP contribution >= 0.6 is 10.1 Å². The number of rotatable bonds is 3. The van der Waals surface area contributed by atoms with E-state index in [4.69, 9.17) is 17.0 Å². The van der Waals surface area contributed by atoms with Crippen molar-refractivity contribution in [3.8, 4) is 0 Å². The first kappa shape index (κ1) is 12.2. The van der Waals surface area contributed by atoms with Crippen molar-refractivity contribution in [2.45, 2.75) is 0 Å². The summed E-state index contributed by atoms with van der Waals surface area (Å²) in [5.74, 6) is 0.865. The predicted octanol–water partition coefficient (Wildman–Crippen LogP) is -0.507. The third kappa shape index (κ3) is 3.32.